The van der Waals surface area contributed by atoms with Crippen molar-refractivity contribution in [3.8, 4) is 0 Å². The van der Waals surface area contributed by atoms with Crippen LogP contribution >= 0.6 is 11.8 Å². The summed E-state index contributed by atoms with van der Waals surface area (Å²) >= 11 is 2.06. The van der Waals surface area contributed by atoms with E-state index in [1.807, 2.05) is 7.05 Å². The van der Waals surface area contributed by atoms with Crippen molar-refractivity contribution < 1.29 is 0 Å². The third-order valence-electron chi connectivity index (χ3n) is 3.40. The van der Waals surface area contributed by atoms with Crippen LogP contribution in [0.2, 0.25) is 0 Å². The lowest BCUT2D eigenvalue weighted by Crippen LogP contribution is -2.41. The molecule has 1 aromatic rings. The molecule has 2 atom stereocenters. The highest BCUT2D eigenvalue weighted by atomic mass is 32.2. The van der Waals surface area contributed by atoms with Crippen molar-refractivity contribution in [3.05, 3.63) is 11.9 Å². The van der Waals surface area contributed by atoms with Crippen LogP contribution in [0.4, 0.5) is 11.6 Å². The van der Waals surface area contributed by atoms with Crippen molar-refractivity contribution in [3.63, 3.8) is 0 Å². The number of anilines is 2. The third kappa shape index (κ3) is 3.14. The smallest absolute Gasteiger partial charge is 0.137 e. The van der Waals surface area contributed by atoms with Crippen LogP contribution in [0.1, 0.15) is 39.2 Å². The van der Waals surface area contributed by atoms with Gasteiger partial charge in [0.25, 0.3) is 0 Å². The van der Waals surface area contributed by atoms with Crippen LogP contribution in [-0.2, 0) is 0 Å². The molecule has 2 heterocycles. The first-order valence-electron chi connectivity index (χ1n) is 6.96. The first-order chi connectivity index (χ1) is 9.02. The van der Waals surface area contributed by atoms with Crippen molar-refractivity contribution in [2.45, 2.75) is 44.1 Å². The monoisotopic (exact) mass is 280 g/mol. The van der Waals surface area contributed by atoms with E-state index in [0.29, 0.717) is 16.4 Å². The summed E-state index contributed by atoms with van der Waals surface area (Å²) in [4.78, 5) is 11.3. The molecule has 1 saturated heterocycles. The molecule has 0 aliphatic carbocycles. The van der Waals surface area contributed by atoms with Gasteiger partial charge in [-0.25, -0.2) is 9.97 Å². The molecule has 0 amide bonds. The molecule has 0 radical (unpaired) electrons. The lowest BCUT2D eigenvalue weighted by molar-refractivity contribution is 0.704. The molecule has 1 aliphatic heterocycles. The highest BCUT2D eigenvalue weighted by Gasteiger charge is 2.26. The SMILES string of the molecule is CNc1ncnc(N2CC(C)SC(C)C2)c1C(C)C. The Morgan fingerprint density at radius 3 is 2.42 bits per heavy atom. The van der Waals surface area contributed by atoms with Crippen molar-refractivity contribution in [1.29, 1.82) is 0 Å². The van der Waals surface area contributed by atoms with E-state index in [4.69, 9.17) is 0 Å². The number of nitrogens with one attached hydrogen (secondary N) is 1. The second kappa shape index (κ2) is 5.99. The van der Waals surface area contributed by atoms with E-state index in [2.05, 4.69) is 59.6 Å². The predicted octanol–water partition coefficient (Wildman–Crippen LogP) is 2.97. The minimum Gasteiger partial charge on any atom is -0.373 e. The van der Waals surface area contributed by atoms with Crippen molar-refractivity contribution >= 4 is 23.4 Å². The Morgan fingerprint density at radius 1 is 1.26 bits per heavy atom. The summed E-state index contributed by atoms with van der Waals surface area (Å²) in [6.07, 6.45) is 1.67. The van der Waals surface area contributed by atoms with Gasteiger partial charge in [-0.15, -0.1) is 0 Å². The van der Waals surface area contributed by atoms with Crippen LogP contribution in [0.5, 0.6) is 0 Å². The first kappa shape index (κ1) is 14.4. The van der Waals surface area contributed by atoms with Gasteiger partial charge in [0.05, 0.1) is 0 Å². The van der Waals surface area contributed by atoms with Gasteiger partial charge in [-0.1, -0.05) is 27.7 Å². The maximum absolute atomic E-state index is 4.57. The largest absolute Gasteiger partial charge is 0.373 e. The van der Waals surface area contributed by atoms with Crippen molar-refractivity contribution in [2.75, 3.05) is 30.4 Å². The van der Waals surface area contributed by atoms with Gasteiger partial charge in [0, 0.05) is 36.2 Å². The summed E-state index contributed by atoms with van der Waals surface area (Å²) in [5.41, 5.74) is 1.23. The number of nitrogens with zero attached hydrogens (tertiary/aromatic N) is 3. The number of rotatable bonds is 3. The molecule has 1 aromatic heterocycles. The summed E-state index contributed by atoms with van der Waals surface area (Å²) in [5.74, 6) is 2.48. The average molecular weight is 280 g/mol. The van der Waals surface area contributed by atoms with Crippen LogP contribution in [0, 0.1) is 0 Å². The Labute approximate surface area is 120 Å². The van der Waals surface area contributed by atoms with Gasteiger partial charge < -0.3 is 10.2 Å². The maximum atomic E-state index is 4.57. The van der Waals surface area contributed by atoms with E-state index < -0.39 is 0 Å². The number of hydrogen-bond donors (Lipinski definition) is 1. The number of hydrogen-bond acceptors (Lipinski definition) is 5. The topological polar surface area (TPSA) is 41.1 Å². The zero-order chi connectivity index (χ0) is 14.0. The van der Waals surface area contributed by atoms with E-state index in [-0.39, 0.29) is 0 Å². The van der Waals surface area contributed by atoms with Gasteiger partial charge in [0.1, 0.15) is 18.0 Å². The summed E-state index contributed by atoms with van der Waals surface area (Å²) in [6.45, 7) is 11.1. The van der Waals surface area contributed by atoms with Gasteiger partial charge in [0.15, 0.2) is 0 Å². The van der Waals surface area contributed by atoms with Gasteiger partial charge in [-0.05, 0) is 5.92 Å². The van der Waals surface area contributed by atoms with Gasteiger partial charge >= 0.3 is 0 Å². The third-order valence-corrected chi connectivity index (χ3v) is 4.62. The Morgan fingerprint density at radius 2 is 1.89 bits per heavy atom. The van der Waals surface area contributed by atoms with Crippen LogP contribution in [0.15, 0.2) is 6.33 Å². The minimum atomic E-state index is 0.416. The molecular formula is C14H24N4S. The molecule has 1 aliphatic rings. The molecule has 4 nitrogen and oxygen atoms in total. The zero-order valence-electron chi connectivity index (χ0n) is 12.5. The molecule has 0 spiro atoms. The van der Waals surface area contributed by atoms with E-state index in [1.54, 1.807) is 6.33 Å². The van der Waals surface area contributed by atoms with Crippen LogP contribution in [-0.4, -0.2) is 40.6 Å². The molecule has 1 N–H and O–H groups in total. The van der Waals surface area contributed by atoms with Gasteiger partial charge in [-0.2, -0.15) is 11.8 Å². The fraction of sp³-hybridized carbons (Fsp3) is 0.714. The molecule has 2 rings (SSSR count). The highest BCUT2D eigenvalue weighted by Crippen LogP contribution is 2.34. The molecule has 19 heavy (non-hydrogen) atoms. The van der Waals surface area contributed by atoms with Crippen LogP contribution in [0.25, 0.3) is 0 Å². The Hall–Kier alpha value is -0.970. The summed E-state index contributed by atoms with van der Waals surface area (Å²) in [7, 11) is 1.93. The Kier molecular flexibility index (Phi) is 4.55. The molecular weight excluding hydrogens is 256 g/mol. The number of aromatic nitrogens is 2. The number of thioether (sulfide) groups is 1. The molecule has 106 valence electrons. The normalized spacial score (nSPS) is 23.8. The Bertz CT molecular complexity index is 425. The zero-order valence-corrected chi connectivity index (χ0v) is 13.3. The van der Waals surface area contributed by atoms with Crippen molar-refractivity contribution in [1.82, 2.24) is 9.97 Å². The van der Waals surface area contributed by atoms with E-state index >= 15 is 0 Å². The quantitative estimate of drug-likeness (QED) is 0.922. The molecule has 0 aromatic carbocycles. The lowest BCUT2D eigenvalue weighted by atomic mass is 10.0. The fourth-order valence-electron chi connectivity index (χ4n) is 2.72. The molecule has 0 saturated carbocycles. The summed E-state index contributed by atoms with van der Waals surface area (Å²) < 4.78 is 0. The average Bonchev–Trinajstić information content (AvgIpc) is 2.36. The van der Waals surface area contributed by atoms with Crippen LogP contribution in [0.3, 0.4) is 0 Å². The first-order valence-corrected chi connectivity index (χ1v) is 7.90. The van der Waals surface area contributed by atoms with E-state index in [1.165, 1.54) is 5.56 Å². The fourth-order valence-corrected chi connectivity index (χ4v) is 4.05. The molecule has 2 unspecified atom stereocenters. The van der Waals surface area contributed by atoms with E-state index in [9.17, 15) is 0 Å². The van der Waals surface area contributed by atoms with Crippen molar-refractivity contribution in [2.24, 2.45) is 0 Å². The van der Waals surface area contributed by atoms with Gasteiger partial charge in [0.2, 0.25) is 0 Å². The maximum Gasteiger partial charge on any atom is 0.137 e. The highest BCUT2D eigenvalue weighted by molar-refractivity contribution is 8.00. The predicted molar refractivity (Wildman–Crippen MR) is 84.4 cm³/mol. The standard InChI is InChI=1S/C14H24N4S/c1-9(2)12-13(15-5)16-8-17-14(12)18-6-10(3)19-11(4)7-18/h8-11H,6-7H2,1-5H3,(H,15,16,17). The second-order valence-corrected chi connectivity index (χ2v) is 7.41. The molecule has 5 heteroatoms. The Balaban J connectivity index is 2.38. The molecule has 1 fully saturated rings. The van der Waals surface area contributed by atoms with Gasteiger partial charge in [-0.3, -0.25) is 0 Å². The summed E-state index contributed by atoms with van der Waals surface area (Å²) in [5, 5.41) is 4.50. The minimum absolute atomic E-state index is 0.416. The molecule has 0 bridgehead atoms. The second-order valence-electron chi connectivity index (χ2n) is 5.53. The summed E-state index contributed by atoms with van der Waals surface area (Å²) in [6, 6.07) is 0. The van der Waals surface area contributed by atoms with E-state index in [0.717, 1.165) is 24.7 Å². The lowest BCUT2D eigenvalue weighted by Gasteiger charge is -2.37. The van der Waals surface area contributed by atoms with Crippen LogP contribution < -0.4 is 10.2 Å².